The molecule has 1 aliphatic heterocycles. The Morgan fingerprint density at radius 1 is 1.26 bits per heavy atom. The Balaban J connectivity index is 1.78. The van der Waals surface area contributed by atoms with Crippen LogP contribution in [0.5, 0.6) is 0 Å². The van der Waals surface area contributed by atoms with Gasteiger partial charge in [0.25, 0.3) is 0 Å². The maximum absolute atomic E-state index is 11.7. The molecule has 0 radical (unpaired) electrons. The van der Waals surface area contributed by atoms with Gasteiger partial charge in [-0.2, -0.15) is 0 Å². The number of imide groups is 1. The van der Waals surface area contributed by atoms with Crippen LogP contribution in [0.1, 0.15) is 24.8 Å². The van der Waals surface area contributed by atoms with Crippen molar-refractivity contribution in [3.05, 3.63) is 35.9 Å². The van der Waals surface area contributed by atoms with Gasteiger partial charge in [0.15, 0.2) is 0 Å². The molecule has 2 N–H and O–H groups in total. The van der Waals surface area contributed by atoms with Crippen molar-refractivity contribution in [2.45, 2.75) is 31.7 Å². The molecule has 1 aliphatic rings. The predicted molar refractivity (Wildman–Crippen MR) is 69.1 cm³/mol. The highest BCUT2D eigenvalue weighted by atomic mass is 16.2. The molecule has 3 amide bonds. The van der Waals surface area contributed by atoms with Crippen LogP contribution in [0.15, 0.2) is 30.3 Å². The van der Waals surface area contributed by atoms with E-state index in [4.69, 9.17) is 0 Å². The van der Waals surface area contributed by atoms with Crippen LogP contribution in [0.25, 0.3) is 0 Å². The van der Waals surface area contributed by atoms with Gasteiger partial charge in [0.1, 0.15) is 6.04 Å². The number of carbonyl (C=O) groups excluding carboxylic acids is 3. The third-order valence-electron chi connectivity index (χ3n) is 3.06. The monoisotopic (exact) mass is 260 g/mol. The second-order valence-corrected chi connectivity index (χ2v) is 4.56. The maximum atomic E-state index is 11.7. The molecule has 2 rings (SSSR count). The van der Waals surface area contributed by atoms with Gasteiger partial charge in [-0.1, -0.05) is 30.3 Å². The summed E-state index contributed by atoms with van der Waals surface area (Å²) in [5.41, 5.74) is 1.08. The lowest BCUT2D eigenvalue weighted by atomic mass is 10.1. The highest BCUT2D eigenvalue weighted by molar-refractivity contribution is 6.01. The molecular weight excluding hydrogens is 244 g/mol. The van der Waals surface area contributed by atoms with E-state index in [0.717, 1.165) is 5.56 Å². The molecule has 0 saturated carbocycles. The molecule has 0 aliphatic carbocycles. The Kier molecular flexibility index (Phi) is 4.28. The van der Waals surface area contributed by atoms with Crippen LogP contribution in [0.3, 0.4) is 0 Å². The van der Waals surface area contributed by atoms with Gasteiger partial charge in [0.2, 0.25) is 17.7 Å². The Hall–Kier alpha value is -2.17. The van der Waals surface area contributed by atoms with Gasteiger partial charge in [-0.25, -0.2) is 0 Å². The maximum Gasteiger partial charge on any atom is 0.249 e. The van der Waals surface area contributed by atoms with Crippen molar-refractivity contribution < 1.29 is 14.4 Å². The Morgan fingerprint density at radius 2 is 2.00 bits per heavy atom. The van der Waals surface area contributed by atoms with Crippen molar-refractivity contribution in [1.82, 2.24) is 10.6 Å². The van der Waals surface area contributed by atoms with Crippen molar-refractivity contribution in [3.63, 3.8) is 0 Å². The molecule has 1 saturated heterocycles. The SMILES string of the molecule is O=C1CC[C@H](NC(=O)CCc2ccccc2)C(=O)N1. The Morgan fingerprint density at radius 3 is 2.68 bits per heavy atom. The van der Waals surface area contributed by atoms with E-state index in [0.29, 0.717) is 19.3 Å². The predicted octanol–water partition coefficient (Wildman–Crippen LogP) is 0.541. The van der Waals surface area contributed by atoms with Crippen molar-refractivity contribution in [1.29, 1.82) is 0 Å². The van der Waals surface area contributed by atoms with Gasteiger partial charge in [-0.05, 0) is 18.4 Å². The summed E-state index contributed by atoms with van der Waals surface area (Å²) in [6, 6.07) is 9.10. The zero-order valence-corrected chi connectivity index (χ0v) is 10.5. The highest BCUT2D eigenvalue weighted by Gasteiger charge is 2.27. The highest BCUT2D eigenvalue weighted by Crippen LogP contribution is 2.06. The van der Waals surface area contributed by atoms with Crippen LogP contribution in [-0.2, 0) is 20.8 Å². The number of hydrogen-bond acceptors (Lipinski definition) is 3. The molecule has 1 aromatic rings. The Bertz CT molecular complexity index is 485. The summed E-state index contributed by atoms with van der Waals surface area (Å²) in [4.78, 5) is 34.2. The van der Waals surface area contributed by atoms with E-state index in [1.54, 1.807) is 0 Å². The first-order chi connectivity index (χ1) is 9.15. The van der Waals surface area contributed by atoms with Crippen LogP contribution < -0.4 is 10.6 Å². The summed E-state index contributed by atoms with van der Waals surface area (Å²) in [6.45, 7) is 0. The number of aryl methyl sites for hydroxylation is 1. The summed E-state index contributed by atoms with van der Waals surface area (Å²) in [7, 11) is 0. The zero-order valence-electron chi connectivity index (χ0n) is 10.5. The fraction of sp³-hybridized carbons (Fsp3) is 0.357. The zero-order chi connectivity index (χ0) is 13.7. The average Bonchev–Trinajstić information content (AvgIpc) is 2.41. The lowest BCUT2D eigenvalue weighted by Gasteiger charge is -2.21. The first-order valence-electron chi connectivity index (χ1n) is 6.32. The molecule has 5 heteroatoms. The fourth-order valence-electron chi connectivity index (χ4n) is 2.00. The number of piperidine rings is 1. The topological polar surface area (TPSA) is 75.3 Å². The van der Waals surface area contributed by atoms with E-state index in [1.165, 1.54) is 0 Å². The molecule has 0 bridgehead atoms. The van der Waals surface area contributed by atoms with E-state index in [-0.39, 0.29) is 18.2 Å². The van der Waals surface area contributed by atoms with E-state index in [1.807, 2.05) is 30.3 Å². The van der Waals surface area contributed by atoms with Gasteiger partial charge in [-0.3, -0.25) is 19.7 Å². The van der Waals surface area contributed by atoms with E-state index >= 15 is 0 Å². The minimum atomic E-state index is -0.582. The molecule has 1 aromatic carbocycles. The summed E-state index contributed by atoms with van der Waals surface area (Å²) in [5.74, 6) is -0.859. The van der Waals surface area contributed by atoms with Crippen LogP contribution in [0, 0.1) is 0 Å². The number of nitrogens with one attached hydrogen (secondary N) is 2. The van der Waals surface area contributed by atoms with Crippen molar-refractivity contribution >= 4 is 17.7 Å². The van der Waals surface area contributed by atoms with Crippen LogP contribution in [-0.4, -0.2) is 23.8 Å². The number of amides is 3. The van der Waals surface area contributed by atoms with Gasteiger partial charge >= 0.3 is 0 Å². The first-order valence-corrected chi connectivity index (χ1v) is 6.32. The van der Waals surface area contributed by atoms with Crippen molar-refractivity contribution in [3.8, 4) is 0 Å². The van der Waals surface area contributed by atoms with Gasteiger partial charge < -0.3 is 5.32 Å². The van der Waals surface area contributed by atoms with Crippen LogP contribution in [0.2, 0.25) is 0 Å². The quantitative estimate of drug-likeness (QED) is 0.776. The normalized spacial score (nSPS) is 18.8. The van der Waals surface area contributed by atoms with Crippen LogP contribution in [0.4, 0.5) is 0 Å². The van der Waals surface area contributed by atoms with Crippen LogP contribution >= 0.6 is 0 Å². The minimum Gasteiger partial charge on any atom is -0.344 e. The lowest BCUT2D eigenvalue weighted by Crippen LogP contribution is -2.52. The third kappa shape index (κ3) is 3.91. The molecular formula is C14H16N2O3. The van der Waals surface area contributed by atoms with Gasteiger partial charge in [0, 0.05) is 12.8 Å². The molecule has 1 atom stereocenters. The number of benzene rings is 1. The summed E-state index contributed by atoms with van der Waals surface area (Å²) in [5, 5.41) is 4.87. The van der Waals surface area contributed by atoms with Gasteiger partial charge in [-0.15, -0.1) is 0 Å². The first kappa shape index (κ1) is 13.3. The second-order valence-electron chi connectivity index (χ2n) is 4.56. The van der Waals surface area contributed by atoms with E-state index in [2.05, 4.69) is 10.6 Å². The number of carbonyl (C=O) groups is 3. The standard InChI is InChI=1S/C14H16N2O3/c17-12(8-6-10-4-2-1-3-5-10)15-11-7-9-13(18)16-14(11)19/h1-5,11H,6-9H2,(H,15,17)(H,16,18,19)/t11-/m0/s1. The molecule has 1 fully saturated rings. The smallest absolute Gasteiger partial charge is 0.249 e. The molecule has 5 nitrogen and oxygen atoms in total. The van der Waals surface area contributed by atoms with Crippen molar-refractivity contribution in [2.75, 3.05) is 0 Å². The molecule has 19 heavy (non-hydrogen) atoms. The molecule has 0 aromatic heterocycles. The largest absolute Gasteiger partial charge is 0.344 e. The molecule has 0 spiro atoms. The van der Waals surface area contributed by atoms with Gasteiger partial charge in [0.05, 0.1) is 0 Å². The summed E-state index contributed by atoms with van der Waals surface area (Å²) in [6.07, 6.45) is 1.62. The van der Waals surface area contributed by atoms with E-state index in [9.17, 15) is 14.4 Å². The molecule has 0 unspecified atom stereocenters. The molecule has 100 valence electrons. The fourth-order valence-corrected chi connectivity index (χ4v) is 2.00. The Labute approximate surface area is 111 Å². The van der Waals surface area contributed by atoms with E-state index < -0.39 is 11.9 Å². The number of rotatable bonds is 4. The molecule has 1 heterocycles. The third-order valence-corrected chi connectivity index (χ3v) is 3.06. The second kappa shape index (κ2) is 6.13. The number of hydrogen-bond donors (Lipinski definition) is 2. The lowest BCUT2D eigenvalue weighted by molar-refractivity contribution is -0.137. The van der Waals surface area contributed by atoms with Crippen molar-refractivity contribution in [2.24, 2.45) is 0 Å². The summed E-state index contributed by atoms with van der Waals surface area (Å²) < 4.78 is 0. The summed E-state index contributed by atoms with van der Waals surface area (Å²) >= 11 is 0. The minimum absolute atomic E-state index is 0.168. The average molecular weight is 260 g/mol.